The van der Waals surface area contributed by atoms with Gasteiger partial charge in [-0.3, -0.25) is 0 Å². The molecule has 168 valence electrons. The Balaban J connectivity index is 1.55. The second-order valence-electron chi connectivity index (χ2n) is 7.97. The van der Waals surface area contributed by atoms with Gasteiger partial charge in [0, 0.05) is 16.8 Å². The highest BCUT2D eigenvalue weighted by Crippen LogP contribution is 2.29. The quantitative estimate of drug-likeness (QED) is 0.414. The molecule has 5 aromatic rings. The second kappa shape index (κ2) is 8.38. The van der Waals surface area contributed by atoms with E-state index in [1.807, 2.05) is 62.5 Å². The van der Waals surface area contributed by atoms with Crippen molar-refractivity contribution in [3.8, 4) is 23.1 Å². The molecular weight excluding hydrogens is 430 g/mol. The predicted octanol–water partition coefficient (Wildman–Crippen LogP) is 3.66. The average Bonchev–Trinajstić information content (AvgIpc) is 3.43. The highest BCUT2D eigenvalue weighted by atomic mass is 16.3. The summed E-state index contributed by atoms with van der Waals surface area (Å²) in [5.41, 5.74) is 5.67. The van der Waals surface area contributed by atoms with E-state index in [4.69, 9.17) is 4.98 Å². The fourth-order valence-corrected chi connectivity index (χ4v) is 3.72. The normalized spacial score (nSPS) is 12.0. The van der Waals surface area contributed by atoms with Crippen LogP contribution in [-0.2, 0) is 0 Å². The van der Waals surface area contributed by atoms with Gasteiger partial charge in [-0.15, -0.1) is 5.10 Å². The number of pyridine rings is 2. The largest absolute Gasteiger partial charge is 0.389 e. The lowest BCUT2D eigenvalue weighted by Crippen LogP contribution is -2.09. The third-order valence-electron chi connectivity index (χ3n) is 5.42. The minimum absolute atomic E-state index is 0.288. The van der Waals surface area contributed by atoms with Gasteiger partial charge in [0.15, 0.2) is 17.3 Å². The van der Waals surface area contributed by atoms with Crippen LogP contribution in [-0.4, -0.2) is 39.7 Å². The topological polar surface area (TPSA) is 130 Å². The molecule has 5 aromatic heterocycles. The van der Waals surface area contributed by atoms with Crippen LogP contribution in [0.4, 0.5) is 11.5 Å². The highest BCUT2D eigenvalue weighted by Gasteiger charge is 2.18. The van der Waals surface area contributed by atoms with Gasteiger partial charge in [0.1, 0.15) is 6.07 Å². The van der Waals surface area contributed by atoms with E-state index in [9.17, 15) is 10.4 Å². The average molecular weight is 451 g/mol. The number of fused-ring (bicyclic) bond motifs is 1. The molecule has 0 aliphatic rings. The molecule has 0 radical (unpaired) electrons. The van der Waals surface area contributed by atoms with Gasteiger partial charge < -0.3 is 10.4 Å². The smallest absolute Gasteiger partial charge is 0.163 e. The first-order valence-corrected chi connectivity index (χ1v) is 10.6. The zero-order valence-corrected chi connectivity index (χ0v) is 18.8. The van der Waals surface area contributed by atoms with Gasteiger partial charge in [-0.2, -0.15) is 20.6 Å². The first kappa shape index (κ1) is 21.2. The minimum atomic E-state index is -0.756. The van der Waals surface area contributed by atoms with E-state index in [2.05, 4.69) is 25.7 Å². The van der Waals surface area contributed by atoms with Crippen molar-refractivity contribution < 1.29 is 5.11 Å². The SMILES string of the molecule is Cc1ccc(Nc2ccc3c(-c4ccc([C@@H](C)O)c(-n5nc(C#N)cc5C)n4)cnn3c2)nn1. The molecule has 0 spiro atoms. The molecule has 1 atom stereocenters. The van der Waals surface area contributed by atoms with Gasteiger partial charge in [0.05, 0.1) is 41.1 Å². The number of nitriles is 1. The van der Waals surface area contributed by atoms with Crippen LogP contribution in [0, 0.1) is 25.2 Å². The molecule has 5 heterocycles. The molecule has 0 saturated carbocycles. The van der Waals surface area contributed by atoms with Crippen molar-refractivity contribution in [3.05, 3.63) is 77.5 Å². The van der Waals surface area contributed by atoms with Gasteiger partial charge in [-0.25, -0.2) is 14.2 Å². The number of nitrogens with zero attached hydrogens (tertiary/aromatic N) is 8. The molecule has 0 amide bonds. The molecule has 10 heteroatoms. The maximum absolute atomic E-state index is 10.3. The van der Waals surface area contributed by atoms with E-state index in [0.717, 1.165) is 28.2 Å². The minimum Gasteiger partial charge on any atom is -0.389 e. The Hall–Kier alpha value is -4.62. The summed E-state index contributed by atoms with van der Waals surface area (Å²) in [6, 6.07) is 15.0. The Morgan fingerprint density at radius 2 is 1.94 bits per heavy atom. The lowest BCUT2D eigenvalue weighted by atomic mass is 10.1. The van der Waals surface area contributed by atoms with E-state index in [1.165, 1.54) is 0 Å². The summed E-state index contributed by atoms with van der Waals surface area (Å²) in [6.07, 6.45) is 2.85. The Bertz CT molecular complexity index is 1540. The van der Waals surface area contributed by atoms with Crippen molar-refractivity contribution in [1.82, 2.24) is 34.6 Å². The number of aliphatic hydroxyl groups is 1. The van der Waals surface area contributed by atoms with Crippen LogP contribution in [0.2, 0.25) is 0 Å². The summed E-state index contributed by atoms with van der Waals surface area (Å²) in [5, 5.41) is 39.8. The Morgan fingerprint density at radius 1 is 1.09 bits per heavy atom. The summed E-state index contributed by atoms with van der Waals surface area (Å²) in [4.78, 5) is 4.81. The van der Waals surface area contributed by atoms with Crippen LogP contribution in [0.1, 0.15) is 35.7 Å². The molecule has 0 unspecified atom stereocenters. The number of hydrogen-bond acceptors (Lipinski definition) is 8. The monoisotopic (exact) mass is 451 g/mol. The van der Waals surface area contributed by atoms with Gasteiger partial charge in [0.2, 0.25) is 0 Å². The van der Waals surface area contributed by atoms with Crippen molar-refractivity contribution >= 4 is 17.0 Å². The first-order chi connectivity index (χ1) is 16.4. The second-order valence-corrected chi connectivity index (χ2v) is 7.97. The lowest BCUT2D eigenvalue weighted by Gasteiger charge is -2.14. The summed E-state index contributed by atoms with van der Waals surface area (Å²) >= 11 is 0. The standard InChI is InChI=1S/C24H21N9O/c1-14-4-9-23(30-29-14)27-17-5-8-22-20(12-26-32(22)13-17)21-7-6-19(16(3)34)24(28-21)33-15(2)10-18(11-25)31-33/h4-10,12-13,16,34H,1-3H3,(H,27,30)/t16-/m1/s1. The van der Waals surface area contributed by atoms with E-state index >= 15 is 0 Å². The van der Waals surface area contributed by atoms with Gasteiger partial charge in [0.25, 0.3) is 0 Å². The van der Waals surface area contributed by atoms with Crippen LogP contribution < -0.4 is 5.32 Å². The third kappa shape index (κ3) is 3.85. The van der Waals surface area contributed by atoms with E-state index in [0.29, 0.717) is 22.9 Å². The Labute approximate surface area is 195 Å². The molecule has 34 heavy (non-hydrogen) atoms. The summed E-state index contributed by atoms with van der Waals surface area (Å²) in [5.74, 6) is 1.12. The van der Waals surface area contributed by atoms with E-state index < -0.39 is 6.10 Å². The van der Waals surface area contributed by atoms with Crippen molar-refractivity contribution in [1.29, 1.82) is 5.26 Å². The number of aromatic nitrogens is 7. The van der Waals surface area contributed by atoms with Crippen LogP contribution in [0.25, 0.3) is 22.6 Å². The lowest BCUT2D eigenvalue weighted by molar-refractivity contribution is 0.198. The Morgan fingerprint density at radius 3 is 2.65 bits per heavy atom. The van der Waals surface area contributed by atoms with Crippen molar-refractivity contribution in [2.45, 2.75) is 26.9 Å². The zero-order valence-electron chi connectivity index (χ0n) is 18.8. The van der Waals surface area contributed by atoms with E-state index in [-0.39, 0.29) is 5.69 Å². The molecule has 0 aliphatic heterocycles. The summed E-state index contributed by atoms with van der Waals surface area (Å²) in [7, 11) is 0. The highest BCUT2D eigenvalue weighted by molar-refractivity contribution is 5.79. The molecule has 0 bridgehead atoms. The van der Waals surface area contributed by atoms with Crippen LogP contribution >= 0.6 is 0 Å². The van der Waals surface area contributed by atoms with Crippen LogP contribution in [0.3, 0.4) is 0 Å². The van der Waals surface area contributed by atoms with Gasteiger partial charge >= 0.3 is 0 Å². The molecule has 10 nitrogen and oxygen atoms in total. The molecular formula is C24H21N9O. The third-order valence-corrected chi connectivity index (χ3v) is 5.42. The zero-order chi connectivity index (χ0) is 23.8. The van der Waals surface area contributed by atoms with Crippen LogP contribution in [0.15, 0.2) is 54.9 Å². The number of aliphatic hydroxyl groups excluding tert-OH is 1. The van der Waals surface area contributed by atoms with Crippen molar-refractivity contribution in [2.24, 2.45) is 0 Å². The summed E-state index contributed by atoms with van der Waals surface area (Å²) in [6.45, 7) is 5.40. The van der Waals surface area contributed by atoms with E-state index in [1.54, 1.807) is 28.4 Å². The number of aryl methyl sites for hydroxylation is 2. The van der Waals surface area contributed by atoms with Gasteiger partial charge in [-0.1, -0.05) is 6.07 Å². The Kier molecular flexibility index (Phi) is 5.24. The van der Waals surface area contributed by atoms with Gasteiger partial charge in [-0.05, 0) is 57.2 Å². The predicted molar refractivity (Wildman–Crippen MR) is 126 cm³/mol. The maximum Gasteiger partial charge on any atom is 0.163 e. The van der Waals surface area contributed by atoms with Crippen LogP contribution in [0.5, 0.6) is 0 Å². The molecule has 0 aliphatic carbocycles. The molecule has 5 rings (SSSR count). The molecule has 2 N–H and O–H groups in total. The molecule has 0 fully saturated rings. The number of nitrogens with one attached hydrogen (secondary N) is 1. The van der Waals surface area contributed by atoms with Crippen molar-refractivity contribution in [3.63, 3.8) is 0 Å². The number of anilines is 2. The fourth-order valence-electron chi connectivity index (χ4n) is 3.72. The molecule has 0 saturated heterocycles. The maximum atomic E-state index is 10.3. The fraction of sp³-hybridized carbons (Fsp3) is 0.167. The molecule has 0 aromatic carbocycles. The first-order valence-electron chi connectivity index (χ1n) is 10.6. The number of rotatable bonds is 5. The van der Waals surface area contributed by atoms with Crippen molar-refractivity contribution in [2.75, 3.05) is 5.32 Å². The summed E-state index contributed by atoms with van der Waals surface area (Å²) < 4.78 is 3.34. The number of hydrogen-bond donors (Lipinski definition) is 2.